The van der Waals surface area contributed by atoms with Crippen molar-refractivity contribution in [2.75, 3.05) is 44.7 Å². The Morgan fingerprint density at radius 1 is 1.15 bits per heavy atom. The first-order valence-corrected chi connectivity index (χ1v) is 9.29. The van der Waals surface area contributed by atoms with Gasteiger partial charge in [-0.3, -0.25) is 4.90 Å². The van der Waals surface area contributed by atoms with Crippen molar-refractivity contribution >= 4 is 11.5 Å². The summed E-state index contributed by atoms with van der Waals surface area (Å²) in [6.07, 6.45) is 0. The maximum Gasteiger partial charge on any atom is 0.165 e. The van der Waals surface area contributed by atoms with E-state index >= 15 is 0 Å². The molecule has 7 heteroatoms. The topological polar surface area (TPSA) is 54.7 Å². The zero-order chi connectivity index (χ0) is 18.8. The highest BCUT2D eigenvalue weighted by atomic mass is 19.1. The summed E-state index contributed by atoms with van der Waals surface area (Å²) in [5, 5.41) is 8.18. The number of anilines is 1. The number of hydrogen-bond donors (Lipinski definition) is 1. The van der Waals surface area contributed by atoms with E-state index in [1.165, 1.54) is 12.1 Å². The summed E-state index contributed by atoms with van der Waals surface area (Å²) in [6, 6.07) is 8.49. The van der Waals surface area contributed by atoms with E-state index in [1.807, 2.05) is 24.4 Å². The summed E-state index contributed by atoms with van der Waals surface area (Å²) < 4.78 is 20.5. The van der Waals surface area contributed by atoms with Gasteiger partial charge in [-0.2, -0.15) is 9.61 Å². The molecule has 1 N–H and O–H groups in total. The fourth-order valence-corrected chi connectivity index (χ4v) is 3.49. The molecule has 2 aromatic heterocycles. The molecule has 0 aliphatic carbocycles. The minimum atomic E-state index is -0.248. The minimum absolute atomic E-state index is 0.248. The van der Waals surface area contributed by atoms with E-state index in [1.54, 1.807) is 12.1 Å². The van der Waals surface area contributed by atoms with E-state index < -0.39 is 0 Å². The minimum Gasteiger partial charge on any atom is -0.379 e. The molecule has 3 aromatic rings. The second kappa shape index (κ2) is 7.62. The van der Waals surface area contributed by atoms with Crippen LogP contribution in [0.4, 0.5) is 10.2 Å². The molecule has 6 nitrogen and oxygen atoms in total. The fraction of sp³-hybridized carbons (Fsp3) is 0.400. The molecule has 3 heterocycles. The number of rotatable bonds is 5. The Morgan fingerprint density at radius 3 is 2.63 bits per heavy atom. The van der Waals surface area contributed by atoms with E-state index in [4.69, 9.17) is 9.72 Å². The van der Waals surface area contributed by atoms with E-state index in [0.29, 0.717) is 0 Å². The van der Waals surface area contributed by atoms with Gasteiger partial charge >= 0.3 is 0 Å². The highest BCUT2D eigenvalue weighted by Gasteiger charge is 2.16. The Morgan fingerprint density at radius 2 is 1.89 bits per heavy atom. The molecule has 1 fully saturated rings. The quantitative estimate of drug-likeness (QED) is 0.749. The van der Waals surface area contributed by atoms with Crippen LogP contribution in [0.2, 0.25) is 0 Å². The van der Waals surface area contributed by atoms with Crippen molar-refractivity contribution in [1.29, 1.82) is 0 Å². The van der Waals surface area contributed by atoms with Crippen LogP contribution in [0, 0.1) is 19.7 Å². The van der Waals surface area contributed by atoms with Crippen LogP contribution in [0.25, 0.3) is 16.8 Å². The lowest BCUT2D eigenvalue weighted by atomic mass is 10.1. The molecule has 0 spiro atoms. The Bertz CT molecular complexity index is 932. The van der Waals surface area contributed by atoms with Gasteiger partial charge < -0.3 is 10.1 Å². The lowest BCUT2D eigenvalue weighted by Crippen LogP contribution is -2.39. The van der Waals surface area contributed by atoms with Crippen molar-refractivity contribution in [1.82, 2.24) is 19.5 Å². The van der Waals surface area contributed by atoms with Gasteiger partial charge in [0.05, 0.1) is 18.9 Å². The molecule has 0 radical (unpaired) electrons. The first kappa shape index (κ1) is 17.9. The molecule has 0 atom stereocenters. The van der Waals surface area contributed by atoms with Crippen LogP contribution >= 0.6 is 0 Å². The number of halogens is 1. The van der Waals surface area contributed by atoms with Gasteiger partial charge in [-0.25, -0.2) is 9.37 Å². The van der Waals surface area contributed by atoms with Crippen molar-refractivity contribution in [2.24, 2.45) is 0 Å². The Balaban J connectivity index is 1.62. The molecule has 0 bridgehead atoms. The van der Waals surface area contributed by atoms with Crippen molar-refractivity contribution in [3.8, 4) is 11.1 Å². The number of fused-ring (bicyclic) bond motifs is 1. The molecule has 1 aliphatic rings. The third-order valence-corrected chi connectivity index (χ3v) is 4.86. The van der Waals surface area contributed by atoms with Crippen LogP contribution in [0.5, 0.6) is 0 Å². The smallest absolute Gasteiger partial charge is 0.165 e. The molecular weight excluding hydrogens is 345 g/mol. The number of aromatic nitrogens is 3. The van der Waals surface area contributed by atoms with Gasteiger partial charge in [-0.1, -0.05) is 12.1 Å². The Labute approximate surface area is 158 Å². The van der Waals surface area contributed by atoms with Gasteiger partial charge in [0.2, 0.25) is 0 Å². The first-order chi connectivity index (χ1) is 13.1. The van der Waals surface area contributed by atoms with E-state index in [9.17, 15) is 4.39 Å². The maximum absolute atomic E-state index is 13.3. The van der Waals surface area contributed by atoms with Gasteiger partial charge in [-0.05, 0) is 31.5 Å². The number of hydrogen-bond acceptors (Lipinski definition) is 5. The Hall–Kier alpha value is -2.51. The summed E-state index contributed by atoms with van der Waals surface area (Å²) in [4.78, 5) is 7.08. The van der Waals surface area contributed by atoms with Gasteiger partial charge in [0.1, 0.15) is 11.6 Å². The lowest BCUT2D eigenvalue weighted by molar-refractivity contribution is 0.0398. The lowest BCUT2D eigenvalue weighted by Gasteiger charge is -2.26. The molecule has 142 valence electrons. The third kappa shape index (κ3) is 3.79. The van der Waals surface area contributed by atoms with Crippen LogP contribution in [0.15, 0.2) is 30.3 Å². The molecule has 0 amide bonds. The molecule has 0 saturated carbocycles. The number of ether oxygens (including phenoxy) is 1. The predicted octanol–water partition coefficient (Wildman–Crippen LogP) is 2.90. The van der Waals surface area contributed by atoms with Crippen LogP contribution in [-0.2, 0) is 4.74 Å². The molecule has 27 heavy (non-hydrogen) atoms. The number of morpholine rings is 1. The number of benzene rings is 1. The number of aryl methyl sites for hydroxylation is 2. The summed E-state index contributed by atoms with van der Waals surface area (Å²) >= 11 is 0. The molecule has 1 saturated heterocycles. The van der Waals surface area contributed by atoms with Gasteiger partial charge in [-0.15, -0.1) is 0 Å². The van der Waals surface area contributed by atoms with Gasteiger partial charge in [0.15, 0.2) is 5.65 Å². The van der Waals surface area contributed by atoms with Crippen molar-refractivity contribution in [2.45, 2.75) is 13.8 Å². The van der Waals surface area contributed by atoms with Crippen LogP contribution in [0.1, 0.15) is 11.4 Å². The number of nitrogens with zero attached hydrogens (tertiary/aromatic N) is 4. The third-order valence-electron chi connectivity index (χ3n) is 4.86. The van der Waals surface area contributed by atoms with Crippen LogP contribution in [-0.4, -0.2) is 58.9 Å². The molecule has 4 rings (SSSR count). The highest BCUT2D eigenvalue weighted by molar-refractivity contribution is 5.80. The summed E-state index contributed by atoms with van der Waals surface area (Å²) in [7, 11) is 0. The predicted molar refractivity (Wildman–Crippen MR) is 104 cm³/mol. The van der Waals surface area contributed by atoms with Crippen molar-refractivity contribution in [3.05, 3.63) is 47.5 Å². The van der Waals surface area contributed by atoms with Gasteiger partial charge in [0, 0.05) is 43.5 Å². The first-order valence-electron chi connectivity index (χ1n) is 9.29. The molecular formula is C20H24FN5O. The summed E-state index contributed by atoms with van der Waals surface area (Å²) in [5.74, 6) is 0.671. The second-order valence-electron chi connectivity index (χ2n) is 6.87. The summed E-state index contributed by atoms with van der Waals surface area (Å²) in [6.45, 7) is 9.27. The molecule has 1 aromatic carbocycles. The van der Waals surface area contributed by atoms with Gasteiger partial charge in [0.25, 0.3) is 0 Å². The largest absolute Gasteiger partial charge is 0.379 e. The maximum atomic E-state index is 13.3. The van der Waals surface area contributed by atoms with Crippen LogP contribution < -0.4 is 5.32 Å². The Kier molecular flexibility index (Phi) is 5.05. The highest BCUT2D eigenvalue weighted by Crippen LogP contribution is 2.29. The standard InChI is InChI=1S/C20H24FN5O/c1-14-13-18(22-7-8-25-9-11-27-12-10-25)26-20(23-14)19(15(2)24-26)16-3-5-17(21)6-4-16/h3-6,13,22H,7-12H2,1-2H3. The zero-order valence-corrected chi connectivity index (χ0v) is 15.7. The average Bonchev–Trinajstić information content (AvgIpc) is 2.99. The normalized spacial score (nSPS) is 15.4. The van der Waals surface area contributed by atoms with Crippen LogP contribution in [0.3, 0.4) is 0 Å². The summed E-state index contributed by atoms with van der Waals surface area (Å²) in [5.41, 5.74) is 4.43. The SMILES string of the molecule is Cc1cc(NCCN2CCOCC2)n2nc(C)c(-c3ccc(F)cc3)c2n1. The van der Waals surface area contributed by atoms with Crippen molar-refractivity contribution in [3.63, 3.8) is 0 Å². The molecule has 1 aliphatic heterocycles. The average molecular weight is 369 g/mol. The zero-order valence-electron chi connectivity index (χ0n) is 15.7. The fourth-order valence-electron chi connectivity index (χ4n) is 3.49. The van der Waals surface area contributed by atoms with E-state index in [-0.39, 0.29) is 5.82 Å². The van der Waals surface area contributed by atoms with E-state index in [2.05, 4.69) is 15.3 Å². The second-order valence-corrected chi connectivity index (χ2v) is 6.87. The van der Waals surface area contributed by atoms with E-state index in [0.717, 1.165) is 73.4 Å². The molecule has 0 unspecified atom stereocenters. The monoisotopic (exact) mass is 369 g/mol. The number of nitrogens with one attached hydrogen (secondary N) is 1. The van der Waals surface area contributed by atoms with Crippen molar-refractivity contribution < 1.29 is 9.13 Å².